The van der Waals surface area contributed by atoms with E-state index >= 15 is 0 Å². The fourth-order valence-corrected chi connectivity index (χ4v) is 4.30. The van der Waals surface area contributed by atoms with Gasteiger partial charge in [0, 0.05) is 19.3 Å². The smallest absolute Gasteiger partial charge is 0.418 e. The summed E-state index contributed by atoms with van der Waals surface area (Å²) in [6.07, 6.45) is 2.93. The molecule has 268 valence electrons. The van der Waals surface area contributed by atoms with E-state index in [1.807, 2.05) is 0 Å². The predicted octanol–water partition coefficient (Wildman–Crippen LogP) is 4.42. The van der Waals surface area contributed by atoms with Crippen LogP contribution >= 0.6 is 0 Å². The third-order valence-corrected chi connectivity index (χ3v) is 6.31. The van der Waals surface area contributed by atoms with Gasteiger partial charge in [0.1, 0.15) is 28.4 Å². The Morgan fingerprint density at radius 1 is 0.574 bits per heavy atom. The van der Waals surface area contributed by atoms with Gasteiger partial charge in [0.25, 0.3) is 0 Å². The Morgan fingerprint density at radius 3 is 1.32 bits per heavy atom. The van der Waals surface area contributed by atoms with Gasteiger partial charge in [-0.3, -0.25) is 24.0 Å². The summed E-state index contributed by atoms with van der Waals surface area (Å²) in [5.41, 5.74) is -2.15. The van der Waals surface area contributed by atoms with Crippen molar-refractivity contribution in [2.45, 2.75) is 138 Å². The maximum absolute atomic E-state index is 12.1. The Balaban J connectivity index is 0.000000710. The van der Waals surface area contributed by atoms with Crippen molar-refractivity contribution >= 4 is 47.2 Å². The second-order valence-electron chi connectivity index (χ2n) is 14.2. The second kappa shape index (κ2) is 19.2. The van der Waals surface area contributed by atoms with Crippen LogP contribution in [0.15, 0.2) is 0 Å². The molecule has 2 atom stereocenters. The van der Waals surface area contributed by atoms with Crippen molar-refractivity contribution in [3.63, 3.8) is 0 Å². The van der Waals surface area contributed by atoms with Gasteiger partial charge in [-0.2, -0.15) is 0 Å². The lowest BCUT2D eigenvalue weighted by atomic mass is 9.78. The molecule has 0 spiro atoms. The highest BCUT2D eigenvalue weighted by molar-refractivity contribution is 6.38. The first-order valence-electron chi connectivity index (χ1n) is 16.0. The Morgan fingerprint density at radius 2 is 0.936 bits per heavy atom. The molecule has 13 heteroatoms. The van der Waals surface area contributed by atoms with Crippen LogP contribution in [0.4, 0.5) is 0 Å². The number of Topliss-reactive ketones (excluding diaryl/α,β-unsaturated/α-hetero) is 3. The fourth-order valence-electron chi connectivity index (χ4n) is 4.30. The molecule has 0 aliphatic heterocycles. The Bertz CT molecular complexity index is 1100. The highest BCUT2D eigenvalue weighted by Gasteiger charge is 2.41. The molecule has 2 unspecified atom stereocenters. The molecule has 47 heavy (non-hydrogen) atoms. The molecule has 0 amide bonds. The number of hydrogen-bond donors (Lipinski definition) is 0. The monoisotopic (exact) mass is 670 g/mol. The number of ether oxygens (including phenoxy) is 5. The molecule has 2 saturated carbocycles. The Hall–Kier alpha value is -3.64. The maximum atomic E-state index is 12.1. The van der Waals surface area contributed by atoms with Gasteiger partial charge < -0.3 is 23.7 Å². The van der Waals surface area contributed by atoms with E-state index < -0.39 is 58.3 Å². The fraction of sp³-hybridized carbons (Fsp3) is 0.765. The molecular weight excluding hydrogens is 616 g/mol. The summed E-state index contributed by atoms with van der Waals surface area (Å²) in [5, 5.41) is 0. The summed E-state index contributed by atoms with van der Waals surface area (Å²) in [4.78, 5) is 91.7. The van der Waals surface area contributed by atoms with Crippen LogP contribution in [0, 0.1) is 17.8 Å². The van der Waals surface area contributed by atoms with Crippen LogP contribution in [-0.4, -0.2) is 77.2 Å². The van der Waals surface area contributed by atoms with Crippen LogP contribution in [0.5, 0.6) is 0 Å². The third kappa shape index (κ3) is 18.9. The topological polar surface area (TPSA) is 183 Å². The van der Waals surface area contributed by atoms with Gasteiger partial charge in [0.2, 0.25) is 5.78 Å². The lowest BCUT2D eigenvalue weighted by Gasteiger charge is -2.26. The summed E-state index contributed by atoms with van der Waals surface area (Å²) >= 11 is 0. The highest BCUT2D eigenvalue weighted by atomic mass is 16.6. The number of carbonyl (C=O) groups excluding carboxylic acids is 8. The molecule has 0 aromatic carbocycles. The van der Waals surface area contributed by atoms with Crippen LogP contribution in [0.2, 0.25) is 0 Å². The first kappa shape index (κ1) is 43.4. The minimum Gasteiger partial charge on any atom is -0.466 e. The van der Waals surface area contributed by atoms with E-state index in [0.717, 1.165) is 0 Å². The molecule has 0 aromatic rings. The first-order valence-corrected chi connectivity index (χ1v) is 16.0. The lowest BCUT2D eigenvalue weighted by Crippen LogP contribution is -2.40. The summed E-state index contributed by atoms with van der Waals surface area (Å²) in [6.45, 7) is 19.2. The summed E-state index contributed by atoms with van der Waals surface area (Å²) < 4.78 is 24.4. The van der Waals surface area contributed by atoms with Crippen molar-refractivity contribution < 1.29 is 62.0 Å². The summed E-state index contributed by atoms with van der Waals surface area (Å²) in [6, 6.07) is 0. The van der Waals surface area contributed by atoms with Crippen LogP contribution in [0.3, 0.4) is 0 Å². The standard InChI is InChI=1S/C15H22O6.C10H18O4.C9H14O3/c1-5-20-13(18)9-6-7-11(16)10(8-9)12(17)14(19)21-15(2,3)4;1-9(2,3)13-7(11)8(12)14-10(4,5)6;1-2-12-9(11)7-3-5-8(10)6-4-7/h9-10H,5-8H2,1-4H3;1-6H3;7H,2-6H2,1H3. The minimum atomic E-state index is -1.09. The molecule has 0 bridgehead atoms. The van der Waals surface area contributed by atoms with Gasteiger partial charge in [0.15, 0.2) is 0 Å². The quantitative estimate of drug-likeness (QED) is 0.168. The Labute approximate surface area is 278 Å². The van der Waals surface area contributed by atoms with Gasteiger partial charge in [-0.1, -0.05) is 0 Å². The van der Waals surface area contributed by atoms with E-state index in [2.05, 4.69) is 0 Å². The normalized spacial score (nSPS) is 18.6. The molecule has 2 fully saturated rings. The van der Waals surface area contributed by atoms with Crippen molar-refractivity contribution in [1.29, 1.82) is 0 Å². The minimum absolute atomic E-state index is 0.0236. The van der Waals surface area contributed by atoms with Crippen molar-refractivity contribution in [2.24, 2.45) is 17.8 Å². The molecule has 0 N–H and O–H groups in total. The SMILES string of the molecule is CC(C)(C)OC(=O)C(=O)OC(C)(C)C.CCOC(=O)C1CCC(=O)C(C(=O)C(=O)OC(C)(C)C)C1.CCOC(=O)C1CCC(=O)CC1. The van der Waals surface area contributed by atoms with Crippen LogP contribution in [-0.2, 0) is 62.0 Å². The predicted molar refractivity (Wildman–Crippen MR) is 169 cm³/mol. The molecule has 2 aliphatic carbocycles. The van der Waals surface area contributed by atoms with E-state index in [9.17, 15) is 38.4 Å². The second-order valence-corrected chi connectivity index (χ2v) is 14.2. The Kier molecular flexibility index (Phi) is 17.8. The summed E-state index contributed by atoms with van der Waals surface area (Å²) in [7, 11) is 0. The number of rotatable bonds is 6. The molecule has 2 rings (SSSR count). The number of ketones is 3. The lowest BCUT2D eigenvalue weighted by molar-refractivity contribution is -0.180. The van der Waals surface area contributed by atoms with E-state index in [-0.39, 0.29) is 42.9 Å². The zero-order valence-corrected chi connectivity index (χ0v) is 29.9. The summed E-state index contributed by atoms with van der Waals surface area (Å²) in [5.74, 6) is -6.03. The number of esters is 5. The van der Waals surface area contributed by atoms with Crippen molar-refractivity contribution in [2.75, 3.05) is 13.2 Å². The van der Waals surface area contributed by atoms with Crippen LogP contribution in [0.25, 0.3) is 0 Å². The molecule has 0 aromatic heterocycles. The molecular formula is C34H54O13. The molecule has 13 nitrogen and oxygen atoms in total. The van der Waals surface area contributed by atoms with Crippen molar-refractivity contribution in [3.8, 4) is 0 Å². The zero-order valence-electron chi connectivity index (χ0n) is 29.9. The van der Waals surface area contributed by atoms with E-state index in [4.69, 9.17) is 23.7 Å². The highest BCUT2D eigenvalue weighted by Crippen LogP contribution is 2.29. The van der Waals surface area contributed by atoms with Gasteiger partial charge >= 0.3 is 29.8 Å². The van der Waals surface area contributed by atoms with E-state index in [1.54, 1.807) is 76.2 Å². The molecule has 0 saturated heterocycles. The number of carbonyl (C=O) groups is 8. The van der Waals surface area contributed by atoms with Crippen LogP contribution in [0.1, 0.15) is 121 Å². The van der Waals surface area contributed by atoms with Crippen molar-refractivity contribution in [1.82, 2.24) is 0 Å². The zero-order chi connectivity index (χ0) is 36.8. The van der Waals surface area contributed by atoms with Gasteiger partial charge in [0.05, 0.1) is 31.0 Å². The third-order valence-electron chi connectivity index (χ3n) is 6.31. The average Bonchev–Trinajstić information content (AvgIpc) is 2.91. The molecule has 0 radical (unpaired) electrons. The number of hydrogen-bond acceptors (Lipinski definition) is 13. The van der Waals surface area contributed by atoms with Gasteiger partial charge in [-0.05, 0) is 102 Å². The average molecular weight is 671 g/mol. The van der Waals surface area contributed by atoms with Crippen molar-refractivity contribution in [3.05, 3.63) is 0 Å². The molecule has 0 heterocycles. The molecule has 2 aliphatic rings. The van der Waals surface area contributed by atoms with Crippen LogP contribution < -0.4 is 0 Å². The van der Waals surface area contributed by atoms with E-state index in [0.29, 0.717) is 38.7 Å². The van der Waals surface area contributed by atoms with Gasteiger partial charge in [-0.15, -0.1) is 0 Å². The maximum Gasteiger partial charge on any atom is 0.418 e. The first-order chi connectivity index (χ1) is 21.4. The van der Waals surface area contributed by atoms with E-state index in [1.165, 1.54) is 0 Å². The largest absolute Gasteiger partial charge is 0.466 e. The van der Waals surface area contributed by atoms with Gasteiger partial charge in [-0.25, -0.2) is 14.4 Å².